The van der Waals surface area contributed by atoms with Gasteiger partial charge in [0.05, 0.1) is 5.54 Å². The number of hydrogen-bond donors (Lipinski definition) is 2. The smallest absolute Gasteiger partial charge is 0.354 e. The molecule has 1 aliphatic carbocycles. The van der Waals surface area contributed by atoms with Gasteiger partial charge in [-0.1, -0.05) is 0 Å². The van der Waals surface area contributed by atoms with Crippen molar-refractivity contribution < 1.29 is 13.2 Å². The first kappa shape index (κ1) is 12.6. The summed E-state index contributed by atoms with van der Waals surface area (Å²) in [7, 11) is 0. The van der Waals surface area contributed by atoms with Gasteiger partial charge in [0.2, 0.25) is 11.0 Å². The summed E-state index contributed by atoms with van der Waals surface area (Å²) < 4.78 is 40.2. The Hall–Kier alpha value is -0.890. The van der Waals surface area contributed by atoms with E-state index < -0.39 is 12.0 Å². The minimum absolute atomic E-state index is 0.178. The van der Waals surface area contributed by atoms with E-state index in [0.29, 0.717) is 24.0 Å². The molecule has 1 heterocycles. The predicted octanol–water partition coefficient (Wildman–Crippen LogP) is 2.10. The zero-order valence-electron chi connectivity index (χ0n) is 9.21. The summed E-state index contributed by atoms with van der Waals surface area (Å²) in [4.78, 5) is 3.44. The van der Waals surface area contributed by atoms with Gasteiger partial charge in [-0.15, -0.1) is 0 Å². The highest BCUT2D eigenvalue weighted by molar-refractivity contribution is 7.09. The fourth-order valence-corrected chi connectivity index (χ4v) is 2.40. The molecule has 0 aliphatic heterocycles. The molecule has 1 aromatic heterocycles. The van der Waals surface area contributed by atoms with Crippen LogP contribution in [0, 0.1) is 5.92 Å². The van der Waals surface area contributed by atoms with Gasteiger partial charge < -0.3 is 11.1 Å². The van der Waals surface area contributed by atoms with E-state index in [0.717, 1.165) is 12.8 Å². The van der Waals surface area contributed by atoms with Gasteiger partial charge in [-0.3, -0.25) is 0 Å². The Kier molecular flexibility index (Phi) is 3.03. The van der Waals surface area contributed by atoms with Crippen LogP contribution in [0.3, 0.4) is 0 Å². The highest BCUT2D eigenvalue weighted by atomic mass is 32.1. The van der Waals surface area contributed by atoms with Gasteiger partial charge in [-0.2, -0.15) is 22.5 Å². The van der Waals surface area contributed by atoms with Gasteiger partial charge in [-0.05, 0) is 25.7 Å². The van der Waals surface area contributed by atoms with Crippen LogP contribution in [0.25, 0.3) is 0 Å². The molecule has 17 heavy (non-hydrogen) atoms. The molecule has 0 amide bonds. The summed E-state index contributed by atoms with van der Waals surface area (Å²) in [6.45, 7) is 2.26. The normalized spacial score (nSPS) is 20.1. The molecule has 0 aromatic carbocycles. The number of anilines is 1. The second-order valence-corrected chi connectivity index (χ2v) is 5.19. The lowest BCUT2D eigenvalue weighted by Gasteiger charge is -2.28. The summed E-state index contributed by atoms with van der Waals surface area (Å²) >= 11 is 0.716. The second kappa shape index (κ2) is 4.09. The average Bonchev–Trinajstić information content (AvgIpc) is 2.99. The minimum Gasteiger partial charge on any atom is -0.354 e. The number of nitrogens with two attached hydrogens (primary N) is 1. The monoisotopic (exact) mass is 266 g/mol. The highest BCUT2D eigenvalue weighted by Crippen LogP contribution is 2.41. The first-order valence-electron chi connectivity index (χ1n) is 5.24. The third-order valence-corrected chi connectivity index (χ3v) is 3.61. The van der Waals surface area contributed by atoms with Crippen LogP contribution in [0.15, 0.2) is 0 Å². The Labute approximate surface area is 101 Å². The molecule has 0 saturated heterocycles. The first-order valence-corrected chi connectivity index (χ1v) is 6.01. The van der Waals surface area contributed by atoms with Crippen LogP contribution in [0.5, 0.6) is 0 Å². The zero-order chi connectivity index (χ0) is 12.7. The van der Waals surface area contributed by atoms with Crippen LogP contribution >= 0.6 is 11.5 Å². The summed E-state index contributed by atoms with van der Waals surface area (Å²) in [5, 5.41) is 3.16. The van der Waals surface area contributed by atoms with Crippen molar-refractivity contribution in [3.05, 3.63) is 5.82 Å². The maximum atomic E-state index is 12.3. The summed E-state index contributed by atoms with van der Waals surface area (Å²) in [5.74, 6) is -0.689. The number of hydrogen-bond acceptors (Lipinski definition) is 5. The van der Waals surface area contributed by atoms with Crippen molar-refractivity contribution in [1.82, 2.24) is 9.36 Å². The molecule has 96 valence electrons. The lowest BCUT2D eigenvalue weighted by Crippen LogP contribution is -2.44. The highest BCUT2D eigenvalue weighted by Gasteiger charge is 2.42. The van der Waals surface area contributed by atoms with Crippen molar-refractivity contribution in [2.24, 2.45) is 11.7 Å². The maximum absolute atomic E-state index is 12.3. The minimum atomic E-state index is -4.49. The molecule has 4 nitrogen and oxygen atoms in total. The zero-order valence-corrected chi connectivity index (χ0v) is 10.0. The van der Waals surface area contributed by atoms with Gasteiger partial charge in [0, 0.05) is 18.1 Å². The maximum Gasteiger partial charge on any atom is 0.452 e. The standard InChI is InChI=1S/C9H13F3N4S/c1-8(4-13,5-2-3-5)15-7-14-6(16-17-7)9(10,11)12/h5H,2-4,13H2,1H3,(H,14,15,16). The van der Waals surface area contributed by atoms with Crippen LogP contribution in [-0.4, -0.2) is 21.4 Å². The lowest BCUT2D eigenvalue weighted by atomic mass is 9.96. The summed E-state index contributed by atoms with van der Waals surface area (Å²) in [6, 6.07) is 0. The largest absolute Gasteiger partial charge is 0.452 e. The Morgan fingerprint density at radius 3 is 2.53 bits per heavy atom. The van der Waals surface area contributed by atoms with E-state index in [1.54, 1.807) is 0 Å². The van der Waals surface area contributed by atoms with E-state index in [4.69, 9.17) is 5.73 Å². The van der Waals surface area contributed by atoms with Gasteiger partial charge >= 0.3 is 6.18 Å². The third-order valence-electron chi connectivity index (χ3n) is 2.97. The SMILES string of the molecule is CC(CN)(Nc1nc(C(F)(F)F)ns1)C1CC1. The molecule has 1 fully saturated rings. The fraction of sp³-hybridized carbons (Fsp3) is 0.778. The molecule has 1 aliphatic rings. The summed E-state index contributed by atoms with van der Waals surface area (Å²) in [5.41, 5.74) is 5.27. The number of rotatable bonds is 4. The third kappa shape index (κ3) is 2.68. The van der Waals surface area contributed by atoms with Crippen molar-refractivity contribution in [2.75, 3.05) is 11.9 Å². The van der Waals surface area contributed by atoms with Crippen LogP contribution in [0.1, 0.15) is 25.6 Å². The summed E-state index contributed by atoms with van der Waals surface area (Å²) in [6.07, 6.45) is -2.40. The Morgan fingerprint density at radius 2 is 2.12 bits per heavy atom. The molecular formula is C9H13F3N4S. The molecule has 2 rings (SSSR count). The molecule has 1 aromatic rings. The second-order valence-electron chi connectivity index (χ2n) is 4.44. The van der Waals surface area contributed by atoms with Crippen molar-refractivity contribution in [1.29, 1.82) is 0 Å². The number of halogens is 3. The van der Waals surface area contributed by atoms with Gasteiger partial charge in [0.15, 0.2) is 0 Å². The molecule has 0 radical (unpaired) electrons. The number of aromatic nitrogens is 2. The Bertz CT molecular complexity index is 401. The molecule has 0 bridgehead atoms. The van der Waals surface area contributed by atoms with Crippen molar-refractivity contribution in [3.8, 4) is 0 Å². The van der Waals surface area contributed by atoms with Gasteiger partial charge in [-0.25, -0.2) is 0 Å². The molecule has 1 atom stereocenters. The lowest BCUT2D eigenvalue weighted by molar-refractivity contribution is -0.144. The van der Waals surface area contributed by atoms with E-state index in [-0.39, 0.29) is 10.7 Å². The fourth-order valence-electron chi connectivity index (χ4n) is 1.67. The topological polar surface area (TPSA) is 63.8 Å². The average molecular weight is 266 g/mol. The van der Waals surface area contributed by atoms with Gasteiger partial charge in [0.1, 0.15) is 0 Å². The molecule has 0 spiro atoms. The van der Waals surface area contributed by atoms with Crippen LogP contribution < -0.4 is 11.1 Å². The number of nitrogens with one attached hydrogen (secondary N) is 1. The van der Waals surface area contributed by atoms with E-state index in [1.165, 1.54) is 0 Å². The number of nitrogens with zero attached hydrogens (tertiary/aromatic N) is 2. The Morgan fingerprint density at radius 1 is 1.47 bits per heavy atom. The van der Waals surface area contributed by atoms with Crippen LogP contribution in [0.4, 0.5) is 18.3 Å². The van der Waals surface area contributed by atoms with Crippen molar-refractivity contribution >= 4 is 16.7 Å². The van der Waals surface area contributed by atoms with Crippen LogP contribution in [-0.2, 0) is 6.18 Å². The van der Waals surface area contributed by atoms with Crippen molar-refractivity contribution in [3.63, 3.8) is 0 Å². The van der Waals surface area contributed by atoms with E-state index in [1.807, 2.05) is 6.92 Å². The van der Waals surface area contributed by atoms with E-state index in [9.17, 15) is 13.2 Å². The van der Waals surface area contributed by atoms with Crippen molar-refractivity contribution in [2.45, 2.75) is 31.5 Å². The van der Waals surface area contributed by atoms with Gasteiger partial charge in [0.25, 0.3) is 0 Å². The molecule has 1 unspecified atom stereocenters. The molecular weight excluding hydrogens is 253 g/mol. The Balaban J connectivity index is 2.10. The predicted molar refractivity (Wildman–Crippen MR) is 58.7 cm³/mol. The quantitative estimate of drug-likeness (QED) is 0.876. The van der Waals surface area contributed by atoms with E-state index >= 15 is 0 Å². The molecule has 1 saturated carbocycles. The van der Waals surface area contributed by atoms with E-state index in [2.05, 4.69) is 14.7 Å². The molecule has 8 heteroatoms. The first-order chi connectivity index (χ1) is 7.85. The van der Waals surface area contributed by atoms with Crippen LogP contribution in [0.2, 0.25) is 0 Å². The number of alkyl halides is 3. The molecule has 3 N–H and O–H groups in total.